The largest absolute Gasteiger partial charge is 0.383 e. The fraction of sp³-hybridized carbons (Fsp3) is 0.571. The number of hydrogen-bond acceptors (Lipinski definition) is 4. The number of nitrogens with zero attached hydrogens (tertiary/aromatic N) is 1. The summed E-state index contributed by atoms with van der Waals surface area (Å²) in [7, 11) is -0.297. The molecule has 0 aliphatic rings. The zero-order chi connectivity index (χ0) is 15.0. The zero-order valence-electron chi connectivity index (χ0n) is 12.4. The molecule has 0 radical (unpaired) electrons. The Balaban J connectivity index is 2.71. The van der Waals surface area contributed by atoms with E-state index in [1.54, 1.807) is 26.3 Å². The van der Waals surface area contributed by atoms with Crippen LogP contribution in [0.5, 0.6) is 0 Å². The monoisotopic (exact) mass is 300 g/mol. The molecular formula is C14H24N2O3S. The second-order valence-corrected chi connectivity index (χ2v) is 6.61. The second kappa shape index (κ2) is 8.36. The lowest BCUT2D eigenvalue weighted by molar-refractivity contribution is 0.185. The number of likely N-dealkylation sites (N-methyl/N-ethyl adjacent to an activating group) is 2. The molecule has 1 aromatic carbocycles. The predicted octanol–water partition coefficient (Wildman–Crippen LogP) is 1.11. The van der Waals surface area contributed by atoms with E-state index in [2.05, 4.69) is 12.2 Å². The van der Waals surface area contributed by atoms with Gasteiger partial charge in [0.2, 0.25) is 10.0 Å². The van der Waals surface area contributed by atoms with Crippen LogP contribution in [0.25, 0.3) is 0 Å². The molecule has 1 N–H and O–H groups in total. The van der Waals surface area contributed by atoms with Crippen molar-refractivity contribution in [2.45, 2.75) is 18.2 Å². The van der Waals surface area contributed by atoms with Crippen molar-refractivity contribution < 1.29 is 13.2 Å². The van der Waals surface area contributed by atoms with E-state index in [0.717, 1.165) is 25.1 Å². The van der Waals surface area contributed by atoms with E-state index in [-0.39, 0.29) is 0 Å². The first kappa shape index (κ1) is 17.1. The molecule has 6 heteroatoms. The molecule has 0 aliphatic carbocycles. The lowest BCUT2D eigenvalue weighted by atomic mass is 10.1. The van der Waals surface area contributed by atoms with Crippen molar-refractivity contribution in [1.29, 1.82) is 0 Å². The van der Waals surface area contributed by atoms with Gasteiger partial charge in [0, 0.05) is 20.7 Å². The summed E-state index contributed by atoms with van der Waals surface area (Å²) in [6.07, 6.45) is 0.897. The van der Waals surface area contributed by atoms with E-state index in [0.29, 0.717) is 18.0 Å². The van der Waals surface area contributed by atoms with Gasteiger partial charge in [-0.05, 0) is 37.2 Å². The topological polar surface area (TPSA) is 58.6 Å². The molecule has 0 aliphatic heterocycles. The number of methoxy groups -OCH3 is 1. The summed E-state index contributed by atoms with van der Waals surface area (Å²) >= 11 is 0. The molecule has 1 rings (SSSR count). The number of sulfonamides is 1. The maximum atomic E-state index is 12.3. The maximum absolute atomic E-state index is 12.3. The van der Waals surface area contributed by atoms with Gasteiger partial charge in [-0.2, -0.15) is 4.31 Å². The molecule has 114 valence electrons. The molecule has 0 atom stereocenters. The van der Waals surface area contributed by atoms with Crippen LogP contribution in [0.3, 0.4) is 0 Å². The fourth-order valence-electron chi connectivity index (χ4n) is 1.76. The van der Waals surface area contributed by atoms with Crippen LogP contribution in [0.15, 0.2) is 29.2 Å². The highest BCUT2D eigenvalue weighted by Crippen LogP contribution is 2.15. The van der Waals surface area contributed by atoms with E-state index >= 15 is 0 Å². The van der Waals surface area contributed by atoms with Crippen LogP contribution in [0.4, 0.5) is 0 Å². The fourth-order valence-corrected chi connectivity index (χ4v) is 2.91. The van der Waals surface area contributed by atoms with Crippen LogP contribution in [0.2, 0.25) is 0 Å². The van der Waals surface area contributed by atoms with E-state index < -0.39 is 10.0 Å². The maximum Gasteiger partial charge on any atom is 0.242 e. The Morgan fingerprint density at radius 1 is 1.25 bits per heavy atom. The Kier molecular flexibility index (Phi) is 7.15. The van der Waals surface area contributed by atoms with Gasteiger partial charge in [-0.15, -0.1) is 0 Å². The van der Waals surface area contributed by atoms with Crippen LogP contribution < -0.4 is 5.32 Å². The third-order valence-corrected chi connectivity index (χ3v) is 4.95. The Hall–Kier alpha value is -0.950. The molecule has 0 unspecified atom stereocenters. The van der Waals surface area contributed by atoms with Crippen molar-refractivity contribution in [3.05, 3.63) is 29.8 Å². The average Bonchev–Trinajstić information content (AvgIpc) is 2.45. The highest BCUT2D eigenvalue weighted by Gasteiger charge is 2.19. The number of ether oxygens (including phenoxy) is 1. The summed E-state index contributed by atoms with van der Waals surface area (Å²) < 4.78 is 30.7. The molecule has 0 saturated carbocycles. The normalized spacial score (nSPS) is 12.0. The number of benzene rings is 1. The van der Waals surface area contributed by atoms with Crippen molar-refractivity contribution in [3.8, 4) is 0 Å². The first-order chi connectivity index (χ1) is 9.52. The summed E-state index contributed by atoms with van der Waals surface area (Å²) in [6, 6.07) is 7.07. The summed E-state index contributed by atoms with van der Waals surface area (Å²) in [5.74, 6) is 0. The van der Waals surface area contributed by atoms with Crippen LogP contribution in [0, 0.1) is 0 Å². The zero-order valence-corrected chi connectivity index (χ0v) is 13.2. The Labute approximate surface area is 122 Å². The quantitative estimate of drug-likeness (QED) is 0.694. The highest BCUT2D eigenvalue weighted by atomic mass is 32.2. The van der Waals surface area contributed by atoms with E-state index in [4.69, 9.17) is 4.74 Å². The minimum Gasteiger partial charge on any atom is -0.383 e. The van der Waals surface area contributed by atoms with Gasteiger partial charge >= 0.3 is 0 Å². The average molecular weight is 300 g/mol. The Bertz CT molecular complexity index is 486. The third kappa shape index (κ3) is 4.86. The van der Waals surface area contributed by atoms with Gasteiger partial charge in [0.05, 0.1) is 11.5 Å². The molecule has 0 bridgehead atoms. The molecule has 0 fully saturated rings. The molecule has 0 saturated heterocycles. The molecule has 5 nitrogen and oxygen atoms in total. The van der Waals surface area contributed by atoms with Crippen molar-refractivity contribution in [2.24, 2.45) is 0 Å². The van der Waals surface area contributed by atoms with Crippen molar-refractivity contribution in [3.63, 3.8) is 0 Å². The van der Waals surface area contributed by atoms with Crippen LogP contribution in [-0.2, 0) is 21.2 Å². The first-order valence-corrected chi connectivity index (χ1v) is 8.21. The smallest absolute Gasteiger partial charge is 0.242 e. The van der Waals surface area contributed by atoms with Gasteiger partial charge in [0.1, 0.15) is 0 Å². The number of rotatable bonds is 9. The number of hydrogen-bond donors (Lipinski definition) is 1. The van der Waals surface area contributed by atoms with Crippen molar-refractivity contribution >= 4 is 10.0 Å². The molecule has 0 aromatic heterocycles. The van der Waals surface area contributed by atoms with Crippen LogP contribution in [-0.4, -0.2) is 53.1 Å². The van der Waals surface area contributed by atoms with Gasteiger partial charge in [-0.3, -0.25) is 0 Å². The second-order valence-electron chi connectivity index (χ2n) is 4.57. The lowest BCUT2D eigenvalue weighted by Crippen LogP contribution is -2.30. The van der Waals surface area contributed by atoms with Gasteiger partial charge in [0.15, 0.2) is 0 Å². The SMILES string of the molecule is CCNCCc1ccc(S(=O)(=O)N(C)CCOC)cc1. The van der Waals surface area contributed by atoms with Crippen molar-refractivity contribution in [2.75, 3.05) is 40.4 Å². The van der Waals surface area contributed by atoms with Gasteiger partial charge in [-0.1, -0.05) is 19.1 Å². The summed E-state index contributed by atoms with van der Waals surface area (Å²) in [4.78, 5) is 0.323. The molecule has 0 spiro atoms. The molecule has 1 aromatic rings. The molecule has 20 heavy (non-hydrogen) atoms. The van der Waals surface area contributed by atoms with E-state index in [9.17, 15) is 8.42 Å². The summed E-state index contributed by atoms with van der Waals surface area (Å²) in [5, 5.41) is 3.24. The molecule has 0 amide bonds. The molecule has 0 heterocycles. The summed E-state index contributed by atoms with van der Waals surface area (Å²) in [5.41, 5.74) is 1.13. The first-order valence-electron chi connectivity index (χ1n) is 6.77. The van der Waals surface area contributed by atoms with Gasteiger partial charge in [0.25, 0.3) is 0 Å². The predicted molar refractivity (Wildman–Crippen MR) is 80.4 cm³/mol. The Morgan fingerprint density at radius 2 is 1.90 bits per heavy atom. The lowest BCUT2D eigenvalue weighted by Gasteiger charge is -2.16. The van der Waals surface area contributed by atoms with E-state index in [1.165, 1.54) is 4.31 Å². The molecular weight excluding hydrogens is 276 g/mol. The van der Waals surface area contributed by atoms with Gasteiger partial charge in [-0.25, -0.2) is 8.42 Å². The number of nitrogens with one attached hydrogen (secondary N) is 1. The van der Waals surface area contributed by atoms with Gasteiger partial charge < -0.3 is 10.1 Å². The van der Waals surface area contributed by atoms with E-state index in [1.807, 2.05) is 12.1 Å². The summed E-state index contributed by atoms with van der Waals surface area (Å²) in [6.45, 7) is 4.64. The van der Waals surface area contributed by atoms with Crippen LogP contribution >= 0.6 is 0 Å². The highest BCUT2D eigenvalue weighted by molar-refractivity contribution is 7.89. The minimum absolute atomic E-state index is 0.323. The third-order valence-electron chi connectivity index (χ3n) is 3.08. The standard InChI is InChI=1S/C14H24N2O3S/c1-4-15-10-9-13-5-7-14(8-6-13)20(17,18)16(2)11-12-19-3/h5-8,15H,4,9-12H2,1-3H3. The Morgan fingerprint density at radius 3 is 2.45 bits per heavy atom. The minimum atomic E-state index is -3.42. The van der Waals surface area contributed by atoms with Crippen LogP contribution in [0.1, 0.15) is 12.5 Å². The van der Waals surface area contributed by atoms with Crippen molar-refractivity contribution in [1.82, 2.24) is 9.62 Å².